The highest BCUT2D eigenvalue weighted by Crippen LogP contribution is 2.36. The SMILES string of the molecule is O=[N+]([O-])[C@@H]1CO[C@@H](O)C[C@H]1c1ccc(Cl)cc1Cl. The van der Waals surface area contributed by atoms with Gasteiger partial charge in [-0.1, -0.05) is 29.3 Å². The van der Waals surface area contributed by atoms with Gasteiger partial charge < -0.3 is 9.84 Å². The minimum absolute atomic E-state index is 0.127. The second kappa shape index (κ2) is 5.40. The number of nitro groups is 1. The molecule has 0 unspecified atom stereocenters. The van der Waals surface area contributed by atoms with Crippen LogP contribution in [0.1, 0.15) is 17.9 Å². The summed E-state index contributed by atoms with van der Waals surface area (Å²) >= 11 is 11.8. The van der Waals surface area contributed by atoms with Crippen molar-refractivity contribution in [2.45, 2.75) is 24.7 Å². The Hall–Kier alpha value is -0.880. The molecule has 0 radical (unpaired) electrons. The molecule has 7 heteroatoms. The van der Waals surface area contributed by atoms with Crippen molar-refractivity contribution in [2.75, 3.05) is 6.61 Å². The smallest absolute Gasteiger partial charge is 0.243 e. The van der Waals surface area contributed by atoms with Crippen LogP contribution in [-0.2, 0) is 4.74 Å². The van der Waals surface area contributed by atoms with Gasteiger partial charge in [-0.15, -0.1) is 0 Å². The number of hydrogen-bond donors (Lipinski definition) is 1. The predicted molar refractivity (Wildman–Crippen MR) is 66.6 cm³/mol. The quantitative estimate of drug-likeness (QED) is 0.671. The molecule has 1 heterocycles. The van der Waals surface area contributed by atoms with Crippen LogP contribution in [0.25, 0.3) is 0 Å². The first kappa shape index (κ1) is 13.5. The van der Waals surface area contributed by atoms with E-state index in [0.717, 1.165) is 0 Å². The standard InChI is InChI=1S/C11H11Cl2NO4/c12-6-1-2-7(9(13)3-6)8-4-11(15)18-5-10(8)14(16)17/h1-3,8,10-11,15H,4-5H2/t8-,10+,11+/m0/s1. The summed E-state index contributed by atoms with van der Waals surface area (Å²) in [6.07, 6.45) is -0.856. The maximum atomic E-state index is 11.0. The van der Waals surface area contributed by atoms with Crippen molar-refractivity contribution in [3.05, 3.63) is 43.9 Å². The van der Waals surface area contributed by atoms with Gasteiger partial charge in [-0.05, 0) is 17.7 Å². The van der Waals surface area contributed by atoms with Crippen LogP contribution in [0, 0.1) is 10.1 Å². The van der Waals surface area contributed by atoms with Crippen LogP contribution in [0.2, 0.25) is 10.0 Å². The molecule has 0 bridgehead atoms. The lowest BCUT2D eigenvalue weighted by Gasteiger charge is -2.29. The lowest BCUT2D eigenvalue weighted by molar-refractivity contribution is -0.538. The molecule has 0 aliphatic carbocycles. The van der Waals surface area contributed by atoms with Gasteiger partial charge in [-0.25, -0.2) is 0 Å². The Labute approximate surface area is 113 Å². The number of aliphatic hydroxyl groups excluding tert-OH is 1. The summed E-state index contributed by atoms with van der Waals surface area (Å²) in [5, 5.41) is 21.3. The molecule has 1 saturated heterocycles. The fourth-order valence-electron chi connectivity index (χ4n) is 2.11. The molecule has 1 aliphatic heterocycles. The molecule has 0 amide bonds. The van der Waals surface area contributed by atoms with E-state index < -0.39 is 23.2 Å². The van der Waals surface area contributed by atoms with E-state index in [9.17, 15) is 15.2 Å². The van der Waals surface area contributed by atoms with Crippen LogP contribution in [0.4, 0.5) is 0 Å². The van der Waals surface area contributed by atoms with Crippen LogP contribution < -0.4 is 0 Å². The third-order valence-corrected chi connectivity index (χ3v) is 3.57. The monoisotopic (exact) mass is 291 g/mol. The fraction of sp³-hybridized carbons (Fsp3) is 0.455. The summed E-state index contributed by atoms with van der Waals surface area (Å²) in [5.41, 5.74) is 0.616. The Kier molecular flexibility index (Phi) is 4.07. The van der Waals surface area contributed by atoms with E-state index in [1.165, 1.54) is 6.07 Å². The Morgan fingerprint density at radius 3 is 2.78 bits per heavy atom. The molecular formula is C11H11Cl2NO4. The van der Waals surface area contributed by atoms with Gasteiger partial charge in [0.2, 0.25) is 6.04 Å². The second-order valence-electron chi connectivity index (χ2n) is 4.15. The van der Waals surface area contributed by atoms with E-state index in [1.807, 2.05) is 0 Å². The first-order chi connectivity index (χ1) is 8.49. The highest BCUT2D eigenvalue weighted by atomic mass is 35.5. The van der Waals surface area contributed by atoms with E-state index >= 15 is 0 Å². The van der Waals surface area contributed by atoms with Gasteiger partial charge in [0.1, 0.15) is 6.61 Å². The van der Waals surface area contributed by atoms with Crippen molar-refractivity contribution in [3.63, 3.8) is 0 Å². The van der Waals surface area contributed by atoms with Gasteiger partial charge in [0.05, 0.1) is 5.92 Å². The number of ether oxygens (including phenoxy) is 1. The van der Waals surface area contributed by atoms with Crippen LogP contribution in [0.15, 0.2) is 18.2 Å². The average molecular weight is 292 g/mol. The molecule has 1 aromatic carbocycles. The summed E-state index contributed by atoms with van der Waals surface area (Å²) in [7, 11) is 0. The number of nitrogens with zero attached hydrogens (tertiary/aromatic N) is 1. The van der Waals surface area contributed by atoms with Crippen molar-refractivity contribution >= 4 is 23.2 Å². The zero-order valence-corrected chi connectivity index (χ0v) is 10.8. The van der Waals surface area contributed by atoms with Gasteiger partial charge in [0.25, 0.3) is 0 Å². The maximum absolute atomic E-state index is 11.0. The molecule has 1 aliphatic rings. The van der Waals surface area contributed by atoms with E-state index in [-0.39, 0.29) is 13.0 Å². The molecule has 0 spiro atoms. The van der Waals surface area contributed by atoms with Crippen LogP contribution in [-0.4, -0.2) is 29.0 Å². The first-order valence-electron chi connectivity index (χ1n) is 5.37. The largest absolute Gasteiger partial charge is 0.368 e. The Morgan fingerprint density at radius 1 is 1.44 bits per heavy atom. The summed E-state index contributed by atoms with van der Waals surface area (Å²) < 4.78 is 4.91. The fourth-order valence-corrected chi connectivity index (χ4v) is 2.66. The van der Waals surface area contributed by atoms with E-state index in [1.54, 1.807) is 12.1 Å². The molecule has 3 atom stereocenters. The van der Waals surface area contributed by atoms with E-state index in [0.29, 0.717) is 15.6 Å². The predicted octanol–water partition coefficient (Wildman–Crippen LogP) is 2.46. The van der Waals surface area contributed by atoms with Crippen molar-refractivity contribution in [1.29, 1.82) is 0 Å². The highest BCUT2D eigenvalue weighted by Gasteiger charge is 2.40. The summed E-state index contributed by atoms with van der Waals surface area (Å²) in [6.45, 7) is -0.127. The zero-order chi connectivity index (χ0) is 13.3. The molecule has 98 valence electrons. The normalized spacial score (nSPS) is 28.1. The van der Waals surface area contributed by atoms with Crippen molar-refractivity contribution in [2.24, 2.45) is 0 Å². The first-order valence-corrected chi connectivity index (χ1v) is 6.12. The molecule has 1 aromatic rings. The summed E-state index contributed by atoms with van der Waals surface area (Å²) in [4.78, 5) is 10.6. The molecule has 18 heavy (non-hydrogen) atoms. The number of hydrogen-bond acceptors (Lipinski definition) is 4. The van der Waals surface area contributed by atoms with Crippen LogP contribution in [0.3, 0.4) is 0 Å². The Bertz CT molecular complexity index is 468. The number of aliphatic hydroxyl groups is 1. The Morgan fingerprint density at radius 2 is 2.17 bits per heavy atom. The minimum Gasteiger partial charge on any atom is -0.368 e. The molecular weight excluding hydrogens is 281 g/mol. The van der Waals surface area contributed by atoms with Gasteiger partial charge in [0, 0.05) is 21.4 Å². The molecule has 0 saturated carbocycles. The Balaban J connectivity index is 2.35. The molecule has 2 rings (SSSR count). The number of halogens is 2. The highest BCUT2D eigenvalue weighted by molar-refractivity contribution is 6.35. The van der Waals surface area contributed by atoms with Crippen LogP contribution >= 0.6 is 23.2 Å². The summed E-state index contributed by atoms with van der Waals surface area (Å²) in [6, 6.07) is 3.91. The second-order valence-corrected chi connectivity index (χ2v) is 4.99. The van der Waals surface area contributed by atoms with Crippen molar-refractivity contribution in [1.82, 2.24) is 0 Å². The zero-order valence-electron chi connectivity index (χ0n) is 9.25. The topological polar surface area (TPSA) is 72.6 Å². The third-order valence-electron chi connectivity index (χ3n) is 3.01. The van der Waals surface area contributed by atoms with Gasteiger partial charge >= 0.3 is 0 Å². The van der Waals surface area contributed by atoms with Crippen LogP contribution in [0.5, 0.6) is 0 Å². The van der Waals surface area contributed by atoms with E-state index in [2.05, 4.69) is 0 Å². The third kappa shape index (κ3) is 2.75. The van der Waals surface area contributed by atoms with Crippen molar-refractivity contribution in [3.8, 4) is 0 Å². The lowest BCUT2D eigenvalue weighted by Crippen LogP contribution is -2.41. The van der Waals surface area contributed by atoms with E-state index in [4.69, 9.17) is 27.9 Å². The van der Waals surface area contributed by atoms with Crippen molar-refractivity contribution < 1.29 is 14.8 Å². The maximum Gasteiger partial charge on any atom is 0.243 e. The molecule has 0 aromatic heterocycles. The molecule has 1 fully saturated rings. The molecule has 5 nitrogen and oxygen atoms in total. The number of benzene rings is 1. The summed E-state index contributed by atoms with van der Waals surface area (Å²) in [5.74, 6) is -0.478. The van der Waals surface area contributed by atoms with Gasteiger partial charge in [0.15, 0.2) is 6.29 Å². The number of rotatable bonds is 2. The molecule has 1 N–H and O–H groups in total. The lowest BCUT2D eigenvalue weighted by atomic mass is 9.87. The average Bonchev–Trinajstić information content (AvgIpc) is 2.28. The minimum atomic E-state index is -1.00. The van der Waals surface area contributed by atoms with Gasteiger partial charge in [-0.3, -0.25) is 10.1 Å². The van der Waals surface area contributed by atoms with Gasteiger partial charge in [-0.2, -0.15) is 0 Å².